The summed E-state index contributed by atoms with van der Waals surface area (Å²) in [6.45, 7) is 1.91. The largest absolute Gasteiger partial charge is 0.345 e. The molecule has 0 aliphatic heterocycles. The van der Waals surface area contributed by atoms with E-state index in [1.807, 2.05) is 19.1 Å². The van der Waals surface area contributed by atoms with E-state index in [0.29, 0.717) is 4.88 Å². The minimum absolute atomic E-state index is 0.0308. The molecule has 1 amide bonds. The lowest BCUT2D eigenvalue weighted by Crippen LogP contribution is -2.30. The lowest BCUT2D eigenvalue weighted by Gasteiger charge is -2.26. The fraction of sp³-hybridized carbons (Fsp3) is 0.227. The van der Waals surface area contributed by atoms with Gasteiger partial charge in [0.1, 0.15) is 4.21 Å². The van der Waals surface area contributed by atoms with Crippen LogP contribution in [0.15, 0.2) is 69.8 Å². The lowest BCUT2D eigenvalue weighted by molar-refractivity contribution is 0.0937. The summed E-state index contributed by atoms with van der Waals surface area (Å²) in [5.41, 5.74) is 3.43. The van der Waals surface area contributed by atoms with Gasteiger partial charge in [0.15, 0.2) is 0 Å². The maximum Gasteiger partial charge on any atom is 0.261 e. The first-order valence-electron chi connectivity index (χ1n) is 9.25. The van der Waals surface area contributed by atoms with Crippen molar-refractivity contribution in [3.63, 3.8) is 0 Å². The number of hydrogen-bond donors (Lipinski definition) is 1. The zero-order valence-corrected chi connectivity index (χ0v) is 17.1. The Morgan fingerprint density at radius 3 is 2.57 bits per heavy atom. The summed E-state index contributed by atoms with van der Waals surface area (Å²) in [5, 5.41) is 3.08. The van der Waals surface area contributed by atoms with Crippen LogP contribution < -0.4 is 5.32 Å². The normalized spacial score (nSPS) is 16.4. The first kappa shape index (κ1) is 18.9. The second kappa shape index (κ2) is 7.53. The van der Waals surface area contributed by atoms with Gasteiger partial charge in [-0.3, -0.25) is 4.79 Å². The standard InChI is InChI=1S/C22H21NO3S2/c1-15-9-11-17(12-10-15)28(25,26)21-14-13-20(27-21)22(24)23-19-8-4-6-16-5-2-3-7-18(16)19/h2-3,5,7,9-14,19H,4,6,8H2,1H3,(H,23,24). The molecule has 28 heavy (non-hydrogen) atoms. The molecule has 4 rings (SSSR count). The quantitative estimate of drug-likeness (QED) is 0.677. The molecule has 1 heterocycles. The molecule has 0 saturated carbocycles. The maximum absolute atomic E-state index is 12.8. The molecular formula is C22H21NO3S2. The Kier molecular flexibility index (Phi) is 5.08. The monoisotopic (exact) mass is 411 g/mol. The predicted molar refractivity (Wildman–Crippen MR) is 111 cm³/mol. The van der Waals surface area contributed by atoms with Gasteiger partial charge in [0.05, 0.1) is 15.8 Å². The van der Waals surface area contributed by atoms with Gasteiger partial charge in [0, 0.05) is 0 Å². The van der Waals surface area contributed by atoms with E-state index >= 15 is 0 Å². The molecule has 0 spiro atoms. The molecule has 4 nitrogen and oxygen atoms in total. The molecule has 0 saturated heterocycles. The highest BCUT2D eigenvalue weighted by Crippen LogP contribution is 2.31. The van der Waals surface area contributed by atoms with E-state index in [1.165, 1.54) is 11.6 Å². The number of thiophene rings is 1. The van der Waals surface area contributed by atoms with Crippen molar-refractivity contribution in [1.29, 1.82) is 0 Å². The second-order valence-electron chi connectivity index (χ2n) is 7.05. The zero-order chi connectivity index (χ0) is 19.7. The molecule has 0 radical (unpaired) electrons. The molecule has 0 bridgehead atoms. The Bertz CT molecular complexity index is 1110. The minimum atomic E-state index is -3.61. The van der Waals surface area contributed by atoms with Gasteiger partial charge >= 0.3 is 0 Å². The lowest BCUT2D eigenvalue weighted by atomic mass is 9.88. The molecule has 1 N–H and O–H groups in total. The van der Waals surface area contributed by atoms with Crippen LogP contribution in [0.5, 0.6) is 0 Å². The van der Waals surface area contributed by atoms with Gasteiger partial charge in [-0.2, -0.15) is 0 Å². The molecule has 1 aliphatic rings. The first-order valence-corrected chi connectivity index (χ1v) is 11.6. The number of rotatable bonds is 4. The number of carbonyl (C=O) groups is 1. The van der Waals surface area contributed by atoms with E-state index in [4.69, 9.17) is 0 Å². The number of benzene rings is 2. The summed E-state index contributed by atoms with van der Waals surface area (Å²) in [6.07, 6.45) is 2.95. The van der Waals surface area contributed by atoms with Crippen LogP contribution >= 0.6 is 11.3 Å². The van der Waals surface area contributed by atoms with Crippen molar-refractivity contribution in [3.8, 4) is 0 Å². The molecule has 3 aromatic rings. The number of amides is 1. The van der Waals surface area contributed by atoms with Crippen molar-refractivity contribution in [2.75, 3.05) is 0 Å². The molecule has 144 valence electrons. The van der Waals surface area contributed by atoms with Gasteiger partial charge in [0.25, 0.3) is 5.91 Å². The summed E-state index contributed by atoms with van der Waals surface area (Å²) in [6, 6.07) is 18.0. The number of hydrogen-bond acceptors (Lipinski definition) is 4. The van der Waals surface area contributed by atoms with Crippen molar-refractivity contribution in [2.45, 2.75) is 41.3 Å². The summed E-state index contributed by atoms with van der Waals surface area (Å²) < 4.78 is 25.8. The second-order valence-corrected chi connectivity index (χ2v) is 10.3. The fourth-order valence-corrected chi connectivity index (χ4v) is 6.16. The van der Waals surface area contributed by atoms with Gasteiger partial charge in [-0.1, -0.05) is 42.0 Å². The highest BCUT2D eigenvalue weighted by atomic mass is 32.2. The number of nitrogens with one attached hydrogen (secondary N) is 1. The van der Waals surface area contributed by atoms with Crippen molar-refractivity contribution in [1.82, 2.24) is 5.32 Å². The Morgan fingerprint density at radius 2 is 1.79 bits per heavy atom. The highest BCUT2D eigenvalue weighted by molar-refractivity contribution is 7.93. The number of sulfone groups is 1. The van der Waals surface area contributed by atoms with E-state index in [9.17, 15) is 13.2 Å². The van der Waals surface area contributed by atoms with Crippen molar-refractivity contribution in [3.05, 3.63) is 82.2 Å². The van der Waals surface area contributed by atoms with E-state index in [-0.39, 0.29) is 21.1 Å². The number of carbonyl (C=O) groups excluding carboxylic acids is 1. The summed E-state index contributed by atoms with van der Waals surface area (Å²) >= 11 is 1.02. The van der Waals surface area contributed by atoms with Crippen LogP contribution in [0.25, 0.3) is 0 Å². The molecular weight excluding hydrogens is 390 g/mol. The molecule has 0 fully saturated rings. The third-order valence-electron chi connectivity index (χ3n) is 5.08. The molecule has 1 aromatic heterocycles. The van der Waals surface area contributed by atoms with Crippen molar-refractivity contribution < 1.29 is 13.2 Å². The van der Waals surface area contributed by atoms with E-state index < -0.39 is 9.84 Å². The van der Waals surface area contributed by atoms with Crippen LogP contribution in [0, 0.1) is 6.92 Å². The Hall–Kier alpha value is -2.44. The summed E-state index contributed by atoms with van der Waals surface area (Å²) in [7, 11) is -3.61. The molecule has 1 unspecified atom stereocenters. The molecule has 2 aromatic carbocycles. The van der Waals surface area contributed by atoms with Crippen LogP contribution in [0.4, 0.5) is 0 Å². The third-order valence-corrected chi connectivity index (χ3v) is 8.42. The van der Waals surface area contributed by atoms with E-state index in [1.54, 1.807) is 30.3 Å². The Balaban J connectivity index is 1.55. The van der Waals surface area contributed by atoms with Gasteiger partial charge in [0.2, 0.25) is 9.84 Å². The highest BCUT2D eigenvalue weighted by Gasteiger charge is 2.25. The third kappa shape index (κ3) is 3.62. The fourth-order valence-electron chi connectivity index (χ4n) is 3.55. The Morgan fingerprint density at radius 1 is 1.04 bits per heavy atom. The van der Waals surface area contributed by atoms with Crippen molar-refractivity contribution >= 4 is 27.1 Å². The van der Waals surface area contributed by atoms with Crippen LogP contribution in [-0.2, 0) is 16.3 Å². The maximum atomic E-state index is 12.8. The van der Waals surface area contributed by atoms with Crippen LogP contribution in [0.3, 0.4) is 0 Å². The van der Waals surface area contributed by atoms with E-state index in [2.05, 4.69) is 17.4 Å². The van der Waals surface area contributed by atoms with Gasteiger partial charge < -0.3 is 5.32 Å². The average Bonchev–Trinajstić information content (AvgIpc) is 3.20. The van der Waals surface area contributed by atoms with Gasteiger partial charge in [-0.05, 0) is 61.6 Å². The summed E-state index contributed by atoms with van der Waals surface area (Å²) in [5.74, 6) is -0.225. The van der Waals surface area contributed by atoms with E-state index in [0.717, 1.165) is 41.7 Å². The minimum Gasteiger partial charge on any atom is -0.345 e. The topological polar surface area (TPSA) is 63.2 Å². The predicted octanol–water partition coefficient (Wildman–Crippen LogP) is 4.70. The van der Waals surface area contributed by atoms with Crippen LogP contribution in [-0.4, -0.2) is 14.3 Å². The van der Waals surface area contributed by atoms with Gasteiger partial charge in [-0.25, -0.2) is 8.42 Å². The van der Waals surface area contributed by atoms with Crippen LogP contribution in [0.1, 0.15) is 45.2 Å². The molecule has 6 heteroatoms. The number of aryl methyl sites for hydroxylation is 2. The zero-order valence-electron chi connectivity index (χ0n) is 15.5. The average molecular weight is 412 g/mol. The van der Waals surface area contributed by atoms with Gasteiger partial charge in [-0.15, -0.1) is 11.3 Å². The van der Waals surface area contributed by atoms with Crippen molar-refractivity contribution in [2.24, 2.45) is 0 Å². The molecule has 1 aliphatic carbocycles. The first-order chi connectivity index (χ1) is 13.4. The van der Waals surface area contributed by atoms with Crippen LogP contribution in [0.2, 0.25) is 0 Å². The SMILES string of the molecule is Cc1ccc(S(=O)(=O)c2ccc(C(=O)NC3CCCc4ccccc43)s2)cc1. The summed E-state index contributed by atoms with van der Waals surface area (Å²) in [4.78, 5) is 13.4. The number of fused-ring (bicyclic) bond motifs is 1. The smallest absolute Gasteiger partial charge is 0.261 e. The molecule has 1 atom stereocenters. The Labute approximate surface area is 169 Å².